The third kappa shape index (κ3) is 1.71. The first kappa shape index (κ1) is 11.8. The standard InChI is InChI=1S/C15H18N4/c1-9(2)13-14(16)19(3)15(18-13)11-8-17-12-7-5-4-6-10(11)12/h4-9,17H,16H2,1-3H3. The number of aromatic amines is 1. The van der Waals surface area contributed by atoms with Crippen LogP contribution in [0.15, 0.2) is 30.5 Å². The molecule has 0 fully saturated rings. The summed E-state index contributed by atoms with van der Waals surface area (Å²) in [7, 11) is 1.96. The van der Waals surface area contributed by atoms with E-state index in [0.717, 1.165) is 28.4 Å². The number of hydrogen-bond acceptors (Lipinski definition) is 2. The normalized spacial score (nSPS) is 11.6. The lowest BCUT2D eigenvalue weighted by Crippen LogP contribution is -2.00. The zero-order chi connectivity index (χ0) is 13.6. The molecule has 3 rings (SSSR count). The number of hydrogen-bond donors (Lipinski definition) is 2. The van der Waals surface area contributed by atoms with Gasteiger partial charge < -0.3 is 15.3 Å². The highest BCUT2D eigenvalue weighted by atomic mass is 15.1. The molecule has 0 saturated heterocycles. The number of benzene rings is 1. The summed E-state index contributed by atoms with van der Waals surface area (Å²) in [4.78, 5) is 8.00. The van der Waals surface area contributed by atoms with Crippen LogP contribution < -0.4 is 5.73 Å². The second kappa shape index (κ2) is 4.16. The van der Waals surface area contributed by atoms with Gasteiger partial charge in [0.15, 0.2) is 0 Å². The van der Waals surface area contributed by atoms with Crippen LogP contribution >= 0.6 is 0 Å². The molecular formula is C15H18N4. The molecule has 0 aliphatic rings. The first-order valence-corrected chi connectivity index (χ1v) is 6.48. The average Bonchev–Trinajstić information content (AvgIpc) is 2.93. The number of imidazole rings is 1. The summed E-state index contributed by atoms with van der Waals surface area (Å²) < 4.78 is 1.96. The minimum Gasteiger partial charge on any atom is -0.384 e. The highest BCUT2D eigenvalue weighted by molar-refractivity contribution is 5.94. The van der Waals surface area contributed by atoms with Crippen molar-refractivity contribution in [2.75, 3.05) is 5.73 Å². The minimum atomic E-state index is 0.324. The van der Waals surface area contributed by atoms with Crippen LogP contribution in [0.1, 0.15) is 25.5 Å². The molecule has 0 radical (unpaired) electrons. The maximum absolute atomic E-state index is 6.14. The summed E-state index contributed by atoms with van der Waals surface area (Å²) in [6, 6.07) is 8.22. The highest BCUT2D eigenvalue weighted by Crippen LogP contribution is 2.31. The van der Waals surface area contributed by atoms with Crippen molar-refractivity contribution in [3.63, 3.8) is 0 Å². The Labute approximate surface area is 112 Å². The molecule has 0 aliphatic heterocycles. The lowest BCUT2D eigenvalue weighted by atomic mass is 10.1. The molecule has 0 saturated carbocycles. The van der Waals surface area contributed by atoms with Gasteiger partial charge in [-0.25, -0.2) is 4.98 Å². The monoisotopic (exact) mass is 254 g/mol. The van der Waals surface area contributed by atoms with E-state index in [1.54, 1.807) is 0 Å². The molecule has 0 bridgehead atoms. The first-order valence-electron chi connectivity index (χ1n) is 6.48. The van der Waals surface area contributed by atoms with E-state index in [1.165, 1.54) is 5.39 Å². The summed E-state index contributed by atoms with van der Waals surface area (Å²) in [6.45, 7) is 4.22. The molecule has 0 spiro atoms. The number of nitrogens with one attached hydrogen (secondary N) is 1. The zero-order valence-electron chi connectivity index (χ0n) is 11.4. The molecule has 3 N–H and O–H groups in total. The Bertz CT molecular complexity index is 734. The van der Waals surface area contributed by atoms with E-state index in [4.69, 9.17) is 10.7 Å². The molecule has 2 heterocycles. The Morgan fingerprint density at radius 1 is 1.26 bits per heavy atom. The van der Waals surface area contributed by atoms with Crippen LogP contribution in [-0.2, 0) is 7.05 Å². The third-order valence-corrected chi connectivity index (χ3v) is 3.54. The van der Waals surface area contributed by atoms with Crippen LogP contribution in [0.5, 0.6) is 0 Å². The minimum absolute atomic E-state index is 0.324. The van der Waals surface area contributed by atoms with Crippen LogP contribution in [0.4, 0.5) is 5.82 Å². The third-order valence-electron chi connectivity index (χ3n) is 3.54. The SMILES string of the molecule is CC(C)c1nc(-c2c[nH]c3ccccc23)n(C)c1N. The van der Waals surface area contributed by atoms with Gasteiger partial charge in [0.1, 0.15) is 11.6 Å². The summed E-state index contributed by atoms with van der Waals surface area (Å²) in [5.74, 6) is 1.99. The lowest BCUT2D eigenvalue weighted by molar-refractivity contribution is 0.834. The van der Waals surface area contributed by atoms with Crippen molar-refractivity contribution < 1.29 is 0 Å². The van der Waals surface area contributed by atoms with E-state index >= 15 is 0 Å². The van der Waals surface area contributed by atoms with Crippen LogP contribution in [0.2, 0.25) is 0 Å². The second-order valence-corrected chi connectivity index (χ2v) is 5.17. The van der Waals surface area contributed by atoms with Crippen molar-refractivity contribution in [2.45, 2.75) is 19.8 Å². The van der Waals surface area contributed by atoms with Crippen LogP contribution in [0.3, 0.4) is 0 Å². The van der Waals surface area contributed by atoms with Gasteiger partial charge in [-0.05, 0) is 12.0 Å². The molecular weight excluding hydrogens is 236 g/mol. The fraction of sp³-hybridized carbons (Fsp3) is 0.267. The van der Waals surface area contributed by atoms with E-state index in [2.05, 4.69) is 31.0 Å². The van der Waals surface area contributed by atoms with Gasteiger partial charge in [0.2, 0.25) is 0 Å². The van der Waals surface area contributed by atoms with Crippen molar-refractivity contribution in [1.29, 1.82) is 0 Å². The van der Waals surface area contributed by atoms with E-state index < -0.39 is 0 Å². The average molecular weight is 254 g/mol. The van der Waals surface area contributed by atoms with Gasteiger partial charge in [-0.3, -0.25) is 0 Å². The van der Waals surface area contributed by atoms with E-state index in [-0.39, 0.29) is 0 Å². The van der Waals surface area contributed by atoms with Gasteiger partial charge in [-0.1, -0.05) is 32.0 Å². The van der Waals surface area contributed by atoms with Gasteiger partial charge >= 0.3 is 0 Å². The van der Waals surface area contributed by atoms with Crippen LogP contribution in [0, 0.1) is 0 Å². The Balaban J connectivity index is 2.25. The molecule has 0 amide bonds. The van der Waals surface area contributed by atoms with Gasteiger partial charge in [-0.15, -0.1) is 0 Å². The lowest BCUT2D eigenvalue weighted by Gasteiger charge is -2.02. The fourth-order valence-corrected chi connectivity index (χ4v) is 2.45. The zero-order valence-corrected chi connectivity index (χ0v) is 11.4. The van der Waals surface area contributed by atoms with Crippen molar-refractivity contribution in [3.8, 4) is 11.4 Å². The Morgan fingerprint density at radius 2 is 2.00 bits per heavy atom. The number of nitrogens with zero attached hydrogens (tertiary/aromatic N) is 2. The largest absolute Gasteiger partial charge is 0.384 e. The smallest absolute Gasteiger partial charge is 0.143 e. The van der Waals surface area contributed by atoms with E-state index in [9.17, 15) is 0 Å². The number of aromatic nitrogens is 3. The Kier molecular flexibility index (Phi) is 2.59. The van der Waals surface area contributed by atoms with Gasteiger partial charge in [0.25, 0.3) is 0 Å². The van der Waals surface area contributed by atoms with Crippen LogP contribution in [-0.4, -0.2) is 14.5 Å². The molecule has 0 atom stereocenters. The number of rotatable bonds is 2. The molecule has 4 nitrogen and oxygen atoms in total. The summed E-state index contributed by atoms with van der Waals surface area (Å²) in [6.07, 6.45) is 2.00. The predicted molar refractivity (Wildman–Crippen MR) is 79.0 cm³/mol. The molecule has 3 aromatic rings. The topological polar surface area (TPSA) is 59.6 Å². The number of para-hydroxylation sites is 1. The molecule has 19 heavy (non-hydrogen) atoms. The Morgan fingerprint density at radius 3 is 2.68 bits per heavy atom. The number of nitrogen functional groups attached to an aromatic ring is 1. The van der Waals surface area contributed by atoms with E-state index in [0.29, 0.717) is 5.92 Å². The Hall–Kier alpha value is -2.23. The molecule has 1 aromatic carbocycles. The second-order valence-electron chi connectivity index (χ2n) is 5.17. The van der Waals surface area contributed by atoms with E-state index in [1.807, 2.05) is 29.9 Å². The molecule has 98 valence electrons. The molecule has 0 unspecified atom stereocenters. The maximum Gasteiger partial charge on any atom is 0.143 e. The maximum atomic E-state index is 6.14. The highest BCUT2D eigenvalue weighted by Gasteiger charge is 2.18. The molecule has 2 aromatic heterocycles. The van der Waals surface area contributed by atoms with Crippen molar-refractivity contribution in [3.05, 3.63) is 36.2 Å². The van der Waals surface area contributed by atoms with Gasteiger partial charge in [0, 0.05) is 29.7 Å². The predicted octanol–water partition coefficient (Wildman–Crippen LogP) is 3.27. The number of anilines is 1. The van der Waals surface area contributed by atoms with Crippen molar-refractivity contribution in [2.24, 2.45) is 7.05 Å². The van der Waals surface area contributed by atoms with Crippen molar-refractivity contribution in [1.82, 2.24) is 14.5 Å². The summed E-state index contributed by atoms with van der Waals surface area (Å²) in [5, 5.41) is 1.17. The number of H-pyrrole nitrogens is 1. The summed E-state index contributed by atoms with van der Waals surface area (Å²) in [5.41, 5.74) is 9.32. The van der Waals surface area contributed by atoms with Crippen molar-refractivity contribution >= 4 is 16.7 Å². The van der Waals surface area contributed by atoms with Gasteiger partial charge in [0.05, 0.1) is 5.69 Å². The molecule has 4 heteroatoms. The summed E-state index contributed by atoms with van der Waals surface area (Å²) >= 11 is 0. The number of fused-ring (bicyclic) bond motifs is 1. The van der Waals surface area contributed by atoms with Gasteiger partial charge in [-0.2, -0.15) is 0 Å². The number of nitrogens with two attached hydrogens (primary N) is 1. The fourth-order valence-electron chi connectivity index (χ4n) is 2.45. The van der Waals surface area contributed by atoms with Crippen LogP contribution in [0.25, 0.3) is 22.3 Å². The first-order chi connectivity index (χ1) is 9.09. The molecule has 0 aliphatic carbocycles. The quantitative estimate of drug-likeness (QED) is 0.737.